The summed E-state index contributed by atoms with van der Waals surface area (Å²) in [5.41, 5.74) is 0. The Kier molecular flexibility index (Phi) is 7.26. The molecule has 0 nitrogen and oxygen atoms in total. The van der Waals surface area contributed by atoms with Crippen LogP contribution >= 0.6 is 0 Å². The zero-order chi connectivity index (χ0) is 18.6. The van der Waals surface area contributed by atoms with Gasteiger partial charge in [0.1, 0.15) is 0 Å². The molecule has 0 spiro atoms. The fraction of sp³-hybridized carbons (Fsp3) is 1.00. The fourth-order valence-corrected chi connectivity index (χ4v) is 7.78. The molecule has 4 saturated carbocycles. The Balaban J connectivity index is 1.13. The molecule has 4 fully saturated rings. The van der Waals surface area contributed by atoms with Gasteiger partial charge in [-0.2, -0.15) is 0 Å². The highest BCUT2D eigenvalue weighted by Gasteiger charge is 2.33. The largest absolute Gasteiger partial charge is 0.0625 e. The molecule has 0 aromatic carbocycles. The van der Waals surface area contributed by atoms with Crippen LogP contribution in [0, 0.1) is 47.3 Å². The van der Waals surface area contributed by atoms with Crippen molar-refractivity contribution in [1.29, 1.82) is 0 Å². The minimum atomic E-state index is 1.02. The average Bonchev–Trinajstić information content (AvgIpc) is 2.71. The minimum absolute atomic E-state index is 1.02. The Morgan fingerprint density at radius 1 is 0.370 bits per heavy atom. The lowest BCUT2D eigenvalue weighted by Gasteiger charge is -2.40. The highest BCUT2D eigenvalue weighted by atomic mass is 14.4. The normalized spacial score (nSPS) is 46.9. The third-order valence-electron chi connectivity index (χ3n) is 9.90. The van der Waals surface area contributed by atoms with E-state index in [0.717, 1.165) is 47.3 Å². The quantitative estimate of drug-likeness (QED) is 0.463. The molecule has 0 aliphatic heterocycles. The topological polar surface area (TPSA) is 0 Å². The zero-order valence-corrected chi connectivity index (χ0v) is 18.6. The summed E-state index contributed by atoms with van der Waals surface area (Å²) in [6.07, 6.45) is 26.6. The third-order valence-corrected chi connectivity index (χ3v) is 9.90. The van der Waals surface area contributed by atoms with Gasteiger partial charge in [-0.05, 0) is 105 Å². The predicted molar refractivity (Wildman–Crippen MR) is 118 cm³/mol. The molecule has 0 saturated heterocycles. The van der Waals surface area contributed by atoms with E-state index in [2.05, 4.69) is 13.8 Å². The van der Waals surface area contributed by atoms with Crippen LogP contribution in [0.4, 0.5) is 0 Å². The van der Waals surface area contributed by atoms with Gasteiger partial charge in [0.25, 0.3) is 0 Å². The lowest BCUT2D eigenvalue weighted by Crippen LogP contribution is -2.28. The van der Waals surface area contributed by atoms with Crippen molar-refractivity contribution in [2.45, 2.75) is 123 Å². The van der Waals surface area contributed by atoms with Gasteiger partial charge in [0.2, 0.25) is 0 Å². The van der Waals surface area contributed by atoms with Gasteiger partial charge in [0.15, 0.2) is 0 Å². The van der Waals surface area contributed by atoms with Crippen LogP contribution < -0.4 is 0 Å². The second-order valence-electron chi connectivity index (χ2n) is 11.8. The summed E-state index contributed by atoms with van der Waals surface area (Å²) in [6.45, 7) is 4.94. The van der Waals surface area contributed by atoms with Gasteiger partial charge in [0, 0.05) is 0 Å². The third kappa shape index (κ3) is 5.54. The molecule has 0 heterocycles. The predicted octanol–water partition coefficient (Wildman–Crippen LogP) is 8.64. The van der Waals surface area contributed by atoms with Crippen LogP contribution in [0.3, 0.4) is 0 Å². The second-order valence-corrected chi connectivity index (χ2v) is 11.8. The van der Waals surface area contributed by atoms with Crippen molar-refractivity contribution in [3.63, 3.8) is 0 Å². The number of rotatable bonds is 4. The van der Waals surface area contributed by atoms with Crippen molar-refractivity contribution in [3.05, 3.63) is 0 Å². The van der Waals surface area contributed by atoms with Crippen LogP contribution in [0.5, 0.6) is 0 Å². The van der Waals surface area contributed by atoms with Crippen molar-refractivity contribution in [3.8, 4) is 0 Å². The van der Waals surface area contributed by atoms with E-state index < -0.39 is 0 Å². The molecule has 0 bridgehead atoms. The van der Waals surface area contributed by atoms with Gasteiger partial charge in [-0.1, -0.05) is 65.2 Å². The summed E-state index contributed by atoms with van der Waals surface area (Å²) in [5.74, 6) is 8.67. The Hall–Kier alpha value is 0. The summed E-state index contributed by atoms with van der Waals surface area (Å²) in [7, 11) is 0. The molecule has 4 rings (SSSR count). The summed E-state index contributed by atoms with van der Waals surface area (Å²) in [4.78, 5) is 0. The van der Waals surface area contributed by atoms with Crippen LogP contribution in [0.25, 0.3) is 0 Å². The molecule has 0 aromatic rings. The van der Waals surface area contributed by atoms with Gasteiger partial charge < -0.3 is 0 Å². The molecule has 156 valence electrons. The van der Waals surface area contributed by atoms with Crippen molar-refractivity contribution in [1.82, 2.24) is 0 Å². The summed E-state index contributed by atoms with van der Waals surface area (Å²) < 4.78 is 0. The maximum Gasteiger partial charge on any atom is -0.0386 e. The summed E-state index contributed by atoms with van der Waals surface area (Å²) >= 11 is 0. The Bertz CT molecular complexity index is 367. The van der Waals surface area contributed by atoms with E-state index in [9.17, 15) is 0 Å². The molecule has 0 aromatic heterocycles. The number of hydrogen-bond acceptors (Lipinski definition) is 0. The number of hydrogen-bond donors (Lipinski definition) is 0. The summed E-state index contributed by atoms with van der Waals surface area (Å²) in [6, 6.07) is 0. The first kappa shape index (κ1) is 20.3. The maximum atomic E-state index is 2.47. The van der Waals surface area contributed by atoms with E-state index in [1.807, 2.05) is 0 Å². The van der Waals surface area contributed by atoms with Crippen LogP contribution in [-0.4, -0.2) is 0 Å². The average molecular weight is 373 g/mol. The lowest BCUT2D eigenvalue weighted by molar-refractivity contribution is 0.117. The van der Waals surface area contributed by atoms with Crippen LogP contribution in [0.1, 0.15) is 123 Å². The van der Waals surface area contributed by atoms with E-state index in [0.29, 0.717) is 0 Å². The van der Waals surface area contributed by atoms with E-state index in [4.69, 9.17) is 0 Å². The molecular weight excluding hydrogens is 324 g/mol. The molecule has 0 radical (unpaired) electrons. The van der Waals surface area contributed by atoms with Crippen LogP contribution in [0.15, 0.2) is 0 Å². The molecule has 0 heteroatoms. The van der Waals surface area contributed by atoms with Crippen LogP contribution in [0.2, 0.25) is 0 Å². The first-order chi connectivity index (χ1) is 13.2. The van der Waals surface area contributed by atoms with Crippen LogP contribution in [-0.2, 0) is 0 Å². The highest BCUT2D eigenvalue weighted by Crippen LogP contribution is 2.46. The highest BCUT2D eigenvalue weighted by molar-refractivity contribution is 4.85. The molecule has 0 atom stereocenters. The monoisotopic (exact) mass is 372 g/mol. The molecule has 0 amide bonds. The van der Waals surface area contributed by atoms with Crippen molar-refractivity contribution < 1.29 is 0 Å². The van der Waals surface area contributed by atoms with E-state index >= 15 is 0 Å². The molecule has 4 aliphatic carbocycles. The zero-order valence-electron chi connectivity index (χ0n) is 18.6. The molecule has 0 N–H and O–H groups in total. The first-order valence-electron chi connectivity index (χ1n) is 13.2. The van der Waals surface area contributed by atoms with Crippen molar-refractivity contribution in [2.24, 2.45) is 47.3 Å². The van der Waals surface area contributed by atoms with E-state index in [1.54, 1.807) is 83.5 Å². The Morgan fingerprint density at radius 2 is 0.630 bits per heavy atom. The summed E-state index contributed by atoms with van der Waals surface area (Å²) in [5, 5.41) is 0. The first-order valence-corrected chi connectivity index (χ1v) is 13.2. The SMILES string of the molecule is CC1CCC(C2CCC(CC3CCC(C4CCC(C)CC4)CC3)CC2)CC1. The van der Waals surface area contributed by atoms with Crippen molar-refractivity contribution in [2.75, 3.05) is 0 Å². The van der Waals surface area contributed by atoms with E-state index in [-0.39, 0.29) is 0 Å². The maximum absolute atomic E-state index is 2.47. The standard InChI is InChI=1S/C27H48/c1-20-3-11-24(12-4-20)26-15-7-22(8-16-26)19-23-9-17-27(18-10-23)25-13-5-21(2)6-14-25/h20-27H,3-19H2,1-2H3. The Labute approximate surface area is 170 Å². The molecular formula is C27H48. The smallest absolute Gasteiger partial charge is 0.0386 e. The molecule has 27 heavy (non-hydrogen) atoms. The Morgan fingerprint density at radius 3 is 0.926 bits per heavy atom. The molecule has 4 aliphatic rings. The van der Waals surface area contributed by atoms with Gasteiger partial charge in [-0.15, -0.1) is 0 Å². The lowest BCUT2D eigenvalue weighted by atomic mass is 9.66. The van der Waals surface area contributed by atoms with Gasteiger partial charge in [-0.25, -0.2) is 0 Å². The van der Waals surface area contributed by atoms with Gasteiger partial charge in [0.05, 0.1) is 0 Å². The minimum Gasteiger partial charge on any atom is -0.0625 e. The second kappa shape index (κ2) is 9.67. The van der Waals surface area contributed by atoms with E-state index in [1.165, 1.54) is 25.7 Å². The van der Waals surface area contributed by atoms with Gasteiger partial charge >= 0.3 is 0 Å². The van der Waals surface area contributed by atoms with Gasteiger partial charge in [-0.3, -0.25) is 0 Å². The molecule has 0 unspecified atom stereocenters. The fourth-order valence-electron chi connectivity index (χ4n) is 7.78. The van der Waals surface area contributed by atoms with Crippen molar-refractivity contribution >= 4 is 0 Å².